The van der Waals surface area contributed by atoms with E-state index in [2.05, 4.69) is 113 Å². The van der Waals surface area contributed by atoms with Gasteiger partial charge in [-0.25, -0.2) is 9.13 Å². The minimum Gasteiger partial charge on any atom is -1.00 e. The predicted octanol–water partition coefficient (Wildman–Crippen LogP) is 2.11. The smallest absolute Gasteiger partial charge is 0.283 e. The van der Waals surface area contributed by atoms with Crippen LogP contribution in [-0.4, -0.2) is 4.57 Å². The molecule has 0 bridgehead atoms. The van der Waals surface area contributed by atoms with Gasteiger partial charge in [-0.15, -0.1) is 0 Å². The molecule has 4 aromatic rings. The van der Waals surface area contributed by atoms with Crippen molar-refractivity contribution in [3.05, 3.63) is 108 Å². The first-order valence-corrected chi connectivity index (χ1v) is 9.31. The number of rotatable bonds is 2. The molecule has 0 spiro atoms. The van der Waals surface area contributed by atoms with Crippen molar-refractivity contribution in [1.29, 1.82) is 0 Å². The van der Waals surface area contributed by atoms with Crippen LogP contribution in [0.4, 0.5) is 0 Å². The van der Waals surface area contributed by atoms with Gasteiger partial charge in [-0.1, -0.05) is 72.8 Å². The fourth-order valence-electron chi connectivity index (χ4n) is 3.95. The summed E-state index contributed by atoms with van der Waals surface area (Å²) in [7, 11) is 2.15. The highest BCUT2D eigenvalue weighted by molar-refractivity contribution is 5.94. The van der Waals surface area contributed by atoms with Gasteiger partial charge in [-0.05, 0) is 34.9 Å². The SMILES string of the molecule is C[n+]1c2n(c3ccccc31)CC(c1ccccc1)=CC(c1ccccc1)=C2.[Br-]. The normalized spacial score (nSPS) is 13.2. The number of allylic oxidation sites excluding steroid dienone is 3. The highest BCUT2D eigenvalue weighted by Crippen LogP contribution is 2.30. The Bertz CT molecular complexity index is 1190. The summed E-state index contributed by atoms with van der Waals surface area (Å²) in [5.41, 5.74) is 7.60. The summed E-state index contributed by atoms with van der Waals surface area (Å²) in [6.45, 7) is 0.855. The maximum absolute atomic E-state index is 2.42. The molecule has 2 nitrogen and oxygen atoms in total. The molecule has 0 saturated heterocycles. The highest BCUT2D eigenvalue weighted by Gasteiger charge is 2.25. The summed E-state index contributed by atoms with van der Waals surface area (Å²) in [5.74, 6) is 1.22. The van der Waals surface area contributed by atoms with E-state index >= 15 is 0 Å². The van der Waals surface area contributed by atoms with Crippen LogP contribution in [0.5, 0.6) is 0 Å². The first-order chi connectivity index (χ1) is 13.3. The number of fused-ring (bicyclic) bond motifs is 3. The third-order valence-corrected chi connectivity index (χ3v) is 5.35. The van der Waals surface area contributed by atoms with E-state index < -0.39 is 0 Å². The molecule has 1 aromatic heterocycles. The van der Waals surface area contributed by atoms with E-state index in [0.29, 0.717) is 0 Å². The topological polar surface area (TPSA) is 8.81 Å². The molecule has 0 radical (unpaired) electrons. The molecule has 0 N–H and O–H groups in total. The minimum absolute atomic E-state index is 0. The van der Waals surface area contributed by atoms with E-state index in [1.807, 2.05) is 0 Å². The second-order valence-corrected chi connectivity index (χ2v) is 6.99. The summed E-state index contributed by atoms with van der Waals surface area (Å²) in [5, 5.41) is 0. The molecule has 0 fully saturated rings. The van der Waals surface area contributed by atoms with Crippen molar-refractivity contribution in [2.45, 2.75) is 6.54 Å². The van der Waals surface area contributed by atoms with Gasteiger partial charge in [0.1, 0.15) is 6.54 Å². The Hall–Kier alpha value is -2.91. The number of para-hydroxylation sites is 2. The van der Waals surface area contributed by atoms with Crippen molar-refractivity contribution in [3.8, 4) is 0 Å². The quantitative estimate of drug-likeness (QED) is 0.432. The van der Waals surface area contributed by atoms with E-state index in [9.17, 15) is 0 Å². The van der Waals surface area contributed by atoms with E-state index in [0.717, 1.165) is 6.54 Å². The van der Waals surface area contributed by atoms with Gasteiger partial charge < -0.3 is 17.0 Å². The van der Waals surface area contributed by atoms with Crippen LogP contribution in [-0.2, 0) is 13.6 Å². The molecule has 0 amide bonds. The van der Waals surface area contributed by atoms with Crippen molar-refractivity contribution in [1.82, 2.24) is 4.57 Å². The second-order valence-electron chi connectivity index (χ2n) is 6.99. The van der Waals surface area contributed by atoms with Crippen LogP contribution >= 0.6 is 0 Å². The van der Waals surface area contributed by atoms with Crippen molar-refractivity contribution in [2.75, 3.05) is 0 Å². The van der Waals surface area contributed by atoms with Crippen LogP contribution < -0.4 is 21.5 Å². The van der Waals surface area contributed by atoms with Crippen LogP contribution in [0, 0.1) is 0 Å². The molecule has 1 aliphatic heterocycles. The summed E-state index contributed by atoms with van der Waals surface area (Å²) in [6.07, 6.45) is 4.65. The summed E-state index contributed by atoms with van der Waals surface area (Å²) < 4.78 is 4.71. The van der Waals surface area contributed by atoms with Crippen LogP contribution in [0.2, 0.25) is 0 Å². The van der Waals surface area contributed by atoms with E-state index in [1.54, 1.807) is 0 Å². The Morgan fingerprint density at radius 3 is 2.04 bits per heavy atom. The average molecular weight is 429 g/mol. The predicted molar refractivity (Wildman–Crippen MR) is 112 cm³/mol. The number of benzene rings is 3. The number of nitrogens with zero attached hydrogens (tertiary/aromatic N) is 2. The fourth-order valence-corrected chi connectivity index (χ4v) is 3.95. The molecule has 5 rings (SSSR count). The van der Waals surface area contributed by atoms with E-state index in [1.165, 1.54) is 39.1 Å². The van der Waals surface area contributed by atoms with Crippen molar-refractivity contribution < 1.29 is 21.5 Å². The van der Waals surface area contributed by atoms with Gasteiger partial charge in [-0.2, -0.15) is 0 Å². The summed E-state index contributed by atoms with van der Waals surface area (Å²) in [4.78, 5) is 0. The van der Waals surface area contributed by atoms with Crippen molar-refractivity contribution >= 4 is 28.3 Å². The second kappa shape index (κ2) is 7.61. The van der Waals surface area contributed by atoms with E-state index in [-0.39, 0.29) is 17.0 Å². The third kappa shape index (κ3) is 3.12. The lowest BCUT2D eigenvalue weighted by Gasteiger charge is -2.07. The molecular formula is C25H21BrN2. The van der Waals surface area contributed by atoms with Gasteiger partial charge in [0.2, 0.25) is 0 Å². The van der Waals surface area contributed by atoms with Gasteiger partial charge >= 0.3 is 0 Å². The van der Waals surface area contributed by atoms with Crippen LogP contribution in [0.15, 0.2) is 91.0 Å². The molecule has 0 aliphatic carbocycles. The molecule has 3 heteroatoms. The summed E-state index contributed by atoms with van der Waals surface area (Å²) in [6, 6.07) is 30.0. The van der Waals surface area contributed by atoms with Gasteiger partial charge in [0, 0.05) is 11.6 Å². The standard InChI is InChI=1S/C25H21N2.BrH/c1-26-23-14-8-9-15-24(23)27-18-22(20-12-6-3-7-13-20)16-21(17-25(26)27)19-10-4-2-5-11-19;/h2-17H,18H2,1H3;1H/q+1;/p-1. The zero-order valence-corrected chi connectivity index (χ0v) is 17.3. The van der Waals surface area contributed by atoms with E-state index in [4.69, 9.17) is 0 Å². The van der Waals surface area contributed by atoms with Crippen LogP contribution in [0.1, 0.15) is 17.0 Å². The lowest BCUT2D eigenvalue weighted by atomic mass is 9.99. The monoisotopic (exact) mass is 428 g/mol. The Labute approximate surface area is 175 Å². The average Bonchev–Trinajstić information content (AvgIpc) is 2.89. The molecule has 28 heavy (non-hydrogen) atoms. The summed E-state index contributed by atoms with van der Waals surface area (Å²) >= 11 is 0. The largest absolute Gasteiger partial charge is 1.00 e. The molecule has 1 aliphatic rings. The van der Waals surface area contributed by atoms with Gasteiger partial charge in [0.05, 0.1) is 7.05 Å². The van der Waals surface area contributed by atoms with Crippen molar-refractivity contribution in [2.24, 2.45) is 7.05 Å². The Morgan fingerprint density at radius 2 is 1.32 bits per heavy atom. The number of halogens is 1. The van der Waals surface area contributed by atoms with Crippen LogP contribution in [0.25, 0.3) is 28.3 Å². The lowest BCUT2D eigenvalue weighted by Crippen LogP contribution is -3.00. The zero-order valence-electron chi connectivity index (χ0n) is 15.7. The molecule has 138 valence electrons. The van der Waals surface area contributed by atoms with Gasteiger partial charge in [0.25, 0.3) is 5.82 Å². The number of hydrogen-bond donors (Lipinski definition) is 0. The van der Waals surface area contributed by atoms with Gasteiger partial charge in [-0.3, -0.25) is 0 Å². The first kappa shape index (κ1) is 18.5. The number of imidazole rings is 1. The number of hydrogen-bond acceptors (Lipinski definition) is 0. The molecule has 2 heterocycles. The Kier molecular flexibility index (Phi) is 5.01. The van der Waals surface area contributed by atoms with Crippen LogP contribution in [0.3, 0.4) is 0 Å². The maximum Gasteiger partial charge on any atom is 0.283 e. The minimum atomic E-state index is 0. The van der Waals surface area contributed by atoms with Crippen molar-refractivity contribution in [3.63, 3.8) is 0 Å². The number of aromatic nitrogens is 2. The first-order valence-electron chi connectivity index (χ1n) is 9.31. The molecule has 0 unspecified atom stereocenters. The van der Waals surface area contributed by atoms with Gasteiger partial charge in [0.15, 0.2) is 11.0 Å². The zero-order chi connectivity index (χ0) is 18.2. The molecule has 3 aromatic carbocycles. The third-order valence-electron chi connectivity index (χ3n) is 5.35. The molecular weight excluding hydrogens is 408 g/mol. The maximum atomic E-state index is 2.42. The molecule has 0 saturated carbocycles. The Balaban J connectivity index is 0.00000192. The highest BCUT2D eigenvalue weighted by atomic mass is 79.9. The fraction of sp³-hybridized carbons (Fsp3) is 0.0800. The Morgan fingerprint density at radius 1 is 0.714 bits per heavy atom. The lowest BCUT2D eigenvalue weighted by molar-refractivity contribution is -0.647. The molecule has 0 atom stereocenters. The number of aryl methyl sites for hydroxylation is 1.